The Morgan fingerprint density at radius 3 is 2.46 bits per heavy atom. The summed E-state index contributed by atoms with van der Waals surface area (Å²) >= 11 is 9.87. The molecule has 1 aromatic rings. The second-order valence-corrected chi connectivity index (χ2v) is 14.8. The van der Waals surface area contributed by atoms with Gasteiger partial charge < -0.3 is 9.33 Å². The molecule has 1 saturated heterocycles. The molecular formula is C19H29BrClN3OSi. The SMILES string of the molecule is CC(C)(C)[Si](C)(C)OCCC1(C#N)CCN(c2c(Cl)cncc2Br)CC1. The molecule has 0 atom stereocenters. The van der Waals surface area contributed by atoms with Gasteiger partial charge in [0.15, 0.2) is 8.32 Å². The van der Waals surface area contributed by atoms with Crippen LogP contribution >= 0.6 is 27.5 Å². The zero-order valence-electron chi connectivity index (χ0n) is 16.4. The molecular weight excluding hydrogens is 430 g/mol. The molecule has 144 valence electrons. The van der Waals surface area contributed by atoms with Crippen molar-refractivity contribution >= 4 is 41.5 Å². The van der Waals surface area contributed by atoms with E-state index < -0.39 is 8.32 Å². The second kappa shape index (κ2) is 8.18. The normalized spacial score (nSPS) is 17.8. The summed E-state index contributed by atoms with van der Waals surface area (Å²) in [6.07, 6.45) is 5.89. The van der Waals surface area contributed by atoms with E-state index in [1.165, 1.54) is 0 Å². The van der Waals surface area contributed by atoms with E-state index in [9.17, 15) is 5.26 Å². The van der Waals surface area contributed by atoms with Crippen LogP contribution in [0.2, 0.25) is 23.2 Å². The molecule has 2 rings (SSSR count). The Kier molecular flexibility index (Phi) is 6.82. The van der Waals surface area contributed by atoms with Crippen molar-refractivity contribution in [1.82, 2.24) is 4.98 Å². The first-order chi connectivity index (χ1) is 12.0. The minimum Gasteiger partial charge on any atom is -0.417 e. The number of halogens is 2. The van der Waals surface area contributed by atoms with Gasteiger partial charge in [-0.1, -0.05) is 32.4 Å². The molecule has 2 heterocycles. The summed E-state index contributed by atoms with van der Waals surface area (Å²) < 4.78 is 7.21. The Morgan fingerprint density at radius 1 is 1.35 bits per heavy atom. The van der Waals surface area contributed by atoms with Crippen molar-refractivity contribution < 1.29 is 4.43 Å². The van der Waals surface area contributed by atoms with Gasteiger partial charge in [0.1, 0.15) is 0 Å². The Labute approximate surface area is 172 Å². The number of rotatable bonds is 5. The zero-order valence-corrected chi connectivity index (χ0v) is 19.7. The van der Waals surface area contributed by atoms with E-state index in [0.29, 0.717) is 11.6 Å². The first-order valence-electron chi connectivity index (χ1n) is 9.10. The van der Waals surface area contributed by atoms with Crippen LogP contribution in [0, 0.1) is 16.7 Å². The largest absolute Gasteiger partial charge is 0.417 e. The average molecular weight is 459 g/mol. The van der Waals surface area contributed by atoms with Crippen LogP contribution in [0.25, 0.3) is 0 Å². The van der Waals surface area contributed by atoms with E-state index in [2.05, 4.69) is 65.7 Å². The maximum absolute atomic E-state index is 9.84. The Morgan fingerprint density at radius 2 is 1.96 bits per heavy atom. The van der Waals surface area contributed by atoms with Gasteiger partial charge in [-0.15, -0.1) is 0 Å². The number of hydrogen-bond acceptors (Lipinski definition) is 4. The molecule has 0 aliphatic carbocycles. The highest BCUT2D eigenvalue weighted by Crippen LogP contribution is 2.41. The molecule has 0 N–H and O–H groups in total. The zero-order chi connectivity index (χ0) is 19.6. The van der Waals surface area contributed by atoms with E-state index in [0.717, 1.165) is 42.5 Å². The minimum atomic E-state index is -1.77. The molecule has 0 bridgehead atoms. The summed E-state index contributed by atoms with van der Waals surface area (Å²) in [7, 11) is -1.77. The second-order valence-electron chi connectivity index (χ2n) is 8.69. The summed E-state index contributed by atoms with van der Waals surface area (Å²) in [5.41, 5.74) is 0.677. The molecule has 0 radical (unpaired) electrons. The van der Waals surface area contributed by atoms with E-state index in [1.54, 1.807) is 12.4 Å². The van der Waals surface area contributed by atoms with Gasteiger partial charge in [-0.05, 0) is 53.3 Å². The molecule has 0 amide bonds. The Balaban J connectivity index is 1.98. The van der Waals surface area contributed by atoms with Crippen molar-refractivity contribution in [1.29, 1.82) is 5.26 Å². The van der Waals surface area contributed by atoms with E-state index in [-0.39, 0.29) is 10.5 Å². The number of hydrogen-bond donors (Lipinski definition) is 0. The third kappa shape index (κ3) is 4.81. The van der Waals surface area contributed by atoms with Gasteiger partial charge in [-0.2, -0.15) is 5.26 Å². The van der Waals surface area contributed by atoms with E-state index in [4.69, 9.17) is 16.0 Å². The molecule has 0 unspecified atom stereocenters. The Hall–Kier alpha value is -0.613. The summed E-state index contributed by atoms with van der Waals surface area (Å²) in [4.78, 5) is 6.35. The van der Waals surface area contributed by atoms with Gasteiger partial charge in [0.2, 0.25) is 0 Å². The van der Waals surface area contributed by atoms with E-state index in [1.807, 2.05) is 0 Å². The summed E-state index contributed by atoms with van der Waals surface area (Å²) in [6.45, 7) is 13.6. The lowest BCUT2D eigenvalue weighted by molar-refractivity contribution is 0.199. The molecule has 1 aromatic heterocycles. The number of nitrogens with zero attached hydrogens (tertiary/aromatic N) is 3. The highest BCUT2D eigenvalue weighted by molar-refractivity contribution is 9.10. The van der Waals surface area contributed by atoms with Crippen LogP contribution in [0.1, 0.15) is 40.0 Å². The molecule has 4 nitrogen and oxygen atoms in total. The smallest absolute Gasteiger partial charge is 0.191 e. The van der Waals surface area contributed by atoms with Crippen LogP contribution in [0.4, 0.5) is 5.69 Å². The van der Waals surface area contributed by atoms with Crippen molar-refractivity contribution in [2.45, 2.75) is 58.2 Å². The van der Waals surface area contributed by atoms with Gasteiger partial charge in [-0.3, -0.25) is 4.98 Å². The monoisotopic (exact) mass is 457 g/mol. The van der Waals surface area contributed by atoms with Gasteiger partial charge in [0.25, 0.3) is 0 Å². The van der Waals surface area contributed by atoms with Crippen molar-refractivity contribution in [3.05, 3.63) is 21.9 Å². The predicted molar refractivity (Wildman–Crippen MR) is 114 cm³/mol. The average Bonchev–Trinajstić information content (AvgIpc) is 2.55. The highest BCUT2D eigenvalue weighted by Gasteiger charge is 2.39. The number of piperidine rings is 1. The summed E-state index contributed by atoms with van der Waals surface area (Å²) in [6, 6.07) is 2.60. The van der Waals surface area contributed by atoms with Crippen LogP contribution in [0.3, 0.4) is 0 Å². The molecule has 1 fully saturated rings. The first kappa shape index (κ1) is 21.7. The molecule has 1 aliphatic rings. The van der Waals surface area contributed by atoms with Gasteiger partial charge in [0, 0.05) is 32.1 Å². The lowest BCUT2D eigenvalue weighted by Gasteiger charge is -2.40. The quantitative estimate of drug-likeness (QED) is 0.506. The third-order valence-electron chi connectivity index (χ3n) is 5.95. The maximum Gasteiger partial charge on any atom is 0.191 e. The number of aromatic nitrogens is 1. The van der Waals surface area contributed by atoms with Crippen LogP contribution in [0.15, 0.2) is 16.9 Å². The minimum absolute atomic E-state index is 0.195. The van der Waals surface area contributed by atoms with Crippen molar-refractivity contribution in [3.63, 3.8) is 0 Å². The summed E-state index contributed by atoms with van der Waals surface area (Å²) in [5, 5.41) is 10.7. The standard InChI is InChI=1S/C19H29BrClN3OSi/c1-18(2,3)26(4,5)25-11-8-19(14-22)6-9-24(10-7-19)17-15(20)12-23-13-16(17)21/h12-13H,6-11H2,1-5H3. The fourth-order valence-electron chi connectivity index (χ4n) is 3.00. The van der Waals surface area contributed by atoms with Crippen LogP contribution in [0.5, 0.6) is 0 Å². The molecule has 26 heavy (non-hydrogen) atoms. The molecule has 0 saturated carbocycles. The lowest BCUT2D eigenvalue weighted by atomic mass is 9.77. The fraction of sp³-hybridized carbons (Fsp3) is 0.684. The van der Waals surface area contributed by atoms with E-state index >= 15 is 0 Å². The number of nitriles is 1. The van der Waals surface area contributed by atoms with Crippen molar-refractivity contribution in [2.75, 3.05) is 24.6 Å². The fourth-order valence-corrected chi connectivity index (χ4v) is 5.02. The van der Waals surface area contributed by atoms with Crippen LogP contribution < -0.4 is 4.90 Å². The van der Waals surface area contributed by atoms with Gasteiger partial charge in [0.05, 0.1) is 26.7 Å². The summed E-state index contributed by atoms with van der Waals surface area (Å²) in [5.74, 6) is 0. The topological polar surface area (TPSA) is 49.1 Å². The van der Waals surface area contributed by atoms with Gasteiger partial charge >= 0.3 is 0 Å². The third-order valence-corrected chi connectivity index (χ3v) is 11.3. The molecule has 0 aromatic carbocycles. The first-order valence-corrected chi connectivity index (χ1v) is 13.2. The lowest BCUT2D eigenvalue weighted by Crippen LogP contribution is -2.43. The van der Waals surface area contributed by atoms with Crippen LogP contribution in [-0.4, -0.2) is 33.0 Å². The molecule has 1 aliphatic heterocycles. The van der Waals surface area contributed by atoms with Crippen molar-refractivity contribution in [3.8, 4) is 6.07 Å². The predicted octanol–water partition coefficient (Wildman–Crippen LogP) is 6.02. The molecule has 7 heteroatoms. The number of pyridine rings is 1. The van der Waals surface area contributed by atoms with Gasteiger partial charge in [-0.25, -0.2) is 0 Å². The molecule has 0 spiro atoms. The number of anilines is 1. The Bertz CT molecular complexity index is 656. The van der Waals surface area contributed by atoms with Crippen LogP contribution in [-0.2, 0) is 4.43 Å². The maximum atomic E-state index is 9.84. The highest BCUT2D eigenvalue weighted by atomic mass is 79.9. The van der Waals surface area contributed by atoms with Crippen molar-refractivity contribution in [2.24, 2.45) is 5.41 Å².